The predicted molar refractivity (Wildman–Crippen MR) is 57.9 cm³/mol. The van der Waals surface area contributed by atoms with Crippen molar-refractivity contribution in [2.45, 2.75) is 45.3 Å². The molecule has 0 aromatic carbocycles. The molecule has 90 valence electrons. The van der Waals surface area contributed by atoms with Crippen LogP contribution in [-0.4, -0.2) is 33.2 Å². The van der Waals surface area contributed by atoms with E-state index in [1.54, 1.807) is 26.8 Å². The molecule has 0 radical (unpaired) electrons. The van der Waals surface area contributed by atoms with E-state index in [-0.39, 0.29) is 0 Å². The minimum Gasteiger partial charge on any atom is -0.479 e. The molecule has 16 heavy (non-hydrogen) atoms. The van der Waals surface area contributed by atoms with Crippen molar-refractivity contribution in [3.63, 3.8) is 0 Å². The smallest absolute Gasteiger partial charge is 0.415 e. The standard InChI is InChI=1S/C11H17NO4/c1-10(2,3)16-9(15)12-7-5-6-11(12,4)8(13)14/h5,7H,6H2,1-4H3,(H,13,14)/t11-/m0/s1. The summed E-state index contributed by atoms with van der Waals surface area (Å²) in [5.41, 5.74) is -1.87. The Labute approximate surface area is 94.7 Å². The summed E-state index contributed by atoms with van der Waals surface area (Å²) >= 11 is 0. The van der Waals surface area contributed by atoms with Crippen molar-refractivity contribution < 1.29 is 19.4 Å². The summed E-state index contributed by atoms with van der Waals surface area (Å²) < 4.78 is 5.14. The van der Waals surface area contributed by atoms with Crippen molar-refractivity contribution in [1.29, 1.82) is 0 Å². The van der Waals surface area contributed by atoms with E-state index < -0.39 is 23.2 Å². The summed E-state index contributed by atoms with van der Waals surface area (Å²) in [6, 6.07) is 0. The van der Waals surface area contributed by atoms with Crippen LogP contribution in [0.15, 0.2) is 12.3 Å². The van der Waals surface area contributed by atoms with Crippen LogP contribution in [0.3, 0.4) is 0 Å². The van der Waals surface area contributed by atoms with E-state index in [0.717, 1.165) is 4.90 Å². The molecule has 1 aliphatic heterocycles. The fraction of sp³-hybridized carbons (Fsp3) is 0.636. The van der Waals surface area contributed by atoms with Crippen LogP contribution in [0.1, 0.15) is 34.1 Å². The lowest BCUT2D eigenvalue weighted by molar-refractivity contribution is -0.147. The highest BCUT2D eigenvalue weighted by Gasteiger charge is 2.45. The lowest BCUT2D eigenvalue weighted by Crippen LogP contribution is -2.51. The Hall–Kier alpha value is -1.52. The second-order valence-electron chi connectivity index (χ2n) is 5.02. The van der Waals surface area contributed by atoms with Gasteiger partial charge in [-0.15, -0.1) is 0 Å². The second kappa shape index (κ2) is 3.81. The van der Waals surface area contributed by atoms with Gasteiger partial charge in [-0.1, -0.05) is 6.08 Å². The molecule has 0 aromatic heterocycles. The highest BCUT2D eigenvalue weighted by atomic mass is 16.6. The van der Waals surface area contributed by atoms with E-state index in [0.29, 0.717) is 6.42 Å². The summed E-state index contributed by atoms with van der Waals surface area (Å²) in [7, 11) is 0. The van der Waals surface area contributed by atoms with Gasteiger partial charge in [0, 0.05) is 12.6 Å². The molecule has 1 N–H and O–H groups in total. The van der Waals surface area contributed by atoms with Gasteiger partial charge in [0.15, 0.2) is 0 Å². The number of carbonyl (C=O) groups excluding carboxylic acids is 1. The minimum absolute atomic E-state index is 0.293. The quantitative estimate of drug-likeness (QED) is 0.743. The molecule has 5 nitrogen and oxygen atoms in total. The van der Waals surface area contributed by atoms with E-state index in [1.807, 2.05) is 0 Å². The SMILES string of the molecule is CC(C)(C)OC(=O)N1C=CC[C@@]1(C)C(=O)O. The molecule has 0 spiro atoms. The number of hydrogen-bond acceptors (Lipinski definition) is 3. The topological polar surface area (TPSA) is 66.8 Å². The Morgan fingerprint density at radius 1 is 1.44 bits per heavy atom. The third-order valence-electron chi connectivity index (χ3n) is 2.35. The summed E-state index contributed by atoms with van der Waals surface area (Å²) in [6.07, 6.45) is 2.77. The van der Waals surface area contributed by atoms with Crippen LogP contribution in [0.4, 0.5) is 4.79 Å². The Balaban J connectivity index is 2.84. The van der Waals surface area contributed by atoms with E-state index >= 15 is 0 Å². The van der Waals surface area contributed by atoms with Crippen LogP contribution in [0.2, 0.25) is 0 Å². The Kier molecular flexibility index (Phi) is 2.99. The van der Waals surface area contributed by atoms with E-state index in [4.69, 9.17) is 9.84 Å². The molecule has 1 aliphatic rings. The summed E-state index contributed by atoms with van der Waals surface area (Å²) in [5, 5.41) is 9.10. The minimum atomic E-state index is -1.23. The van der Waals surface area contributed by atoms with Gasteiger partial charge in [-0.3, -0.25) is 4.90 Å². The number of hydrogen-bond donors (Lipinski definition) is 1. The van der Waals surface area contributed by atoms with Gasteiger partial charge in [0.05, 0.1) is 0 Å². The first-order valence-corrected chi connectivity index (χ1v) is 5.09. The fourth-order valence-electron chi connectivity index (χ4n) is 1.41. The molecule has 1 heterocycles. The number of carboxylic acid groups (broad SMARTS) is 1. The fourth-order valence-corrected chi connectivity index (χ4v) is 1.41. The molecule has 0 fully saturated rings. The second-order valence-corrected chi connectivity index (χ2v) is 5.02. The number of carbonyl (C=O) groups is 2. The summed E-state index contributed by atoms with van der Waals surface area (Å²) in [5.74, 6) is -1.04. The zero-order valence-electron chi connectivity index (χ0n) is 9.98. The van der Waals surface area contributed by atoms with Gasteiger partial charge in [0.1, 0.15) is 11.1 Å². The van der Waals surface area contributed by atoms with Gasteiger partial charge in [0.25, 0.3) is 0 Å². The first-order chi connectivity index (χ1) is 7.17. The maximum atomic E-state index is 11.8. The van der Waals surface area contributed by atoms with E-state index in [1.165, 1.54) is 13.1 Å². The van der Waals surface area contributed by atoms with Crippen LogP contribution in [-0.2, 0) is 9.53 Å². The summed E-state index contributed by atoms with van der Waals surface area (Å²) in [6.45, 7) is 6.72. The highest BCUT2D eigenvalue weighted by Crippen LogP contribution is 2.28. The molecule has 1 rings (SSSR count). The van der Waals surface area contributed by atoms with E-state index in [2.05, 4.69) is 0 Å². The van der Waals surface area contributed by atoms with Crippen LogP contribution < -0.4 is 0 Å². The molecule has 1 atom stereocenters. The zero-order valence-corrected chi connectivity index (χ0v) is 9.98. The molecule has 0 saturated carbocycles. The third-order valence-corrected chi connectivity index (χ3v) is 2.35. The van der Waals surface area contributed by atoms with Gasteiger partial charge in [-0.2, -0.15) is 0 Å². The molecule has 0 bridgehead atoms. The van der Waals surface area contributed by atoms with Crippen LogP contribution in [0.25, 0.3) is 0 Å². The molecular formula is C11H17NO4. The Morgan fingerprint density at radius 2 is 2.00 bits per heavy atom. The lowest BCUT2D eigenvalue weighted by atomic mass is 10.00. The van der Waals surface area contributed by atoms with Crippen molar-refractivity contribution in [1.82, 2.24) is 4.90 Å². The highest BCUT2D eigenvalue weighted by molar-refractivity contribution is 5.86. The van der Waals surface area contributed by atoms with Gasteiger partial charge < -0.3 is 9.84 Å². The van der Waals surface area contributed by atoms with Gasteiger partial charge in [-0.05, 0) is 27.7 Å². The number of nitrogens with zero attached hydrogens (tertiary/aromatic N) is 1. The molecule has 5 heteroatoms. The molecule has 0 aromatic rings. The van der Waals surface area contributed by atoms with Crippen molar-refractivity contribution in [3.05, 3.63) is 12.3 Å². The number of rotatable bonds is 1. The van der Waals surface area contributed by atoms with Crippen molar-refractivity contribution in [2.75, 3.05) is 0 Å². The largest absolute Gasteiger partial charge is 0.479 e. The average molecular weight is 227 g/mol. The van der Waals surface area contributed by atoms with E-state index in [9.17, 15) is 9.59 Å². The van der Waals surface area contributed by atoms with Crippen LogP contribution in [0.5, 0.6) is 0 Å². The van der Waals surface area contributed by atoms with Crippen molar-refractivity contribution in [2.24, 2.45) is 0 Å². The van der Waals surface area contributed by atoms with Gasteiger partial charge in [0.2, 0.25) is 0 Å². The third kappa shape index (κ3) is 2.35. The van der Waals surface area contributed by atoms with Crippen molar-refractivity contribution in [3.8, 4) is 0 Å². The molecule has 0 unspecified atom stereocenters. The molecule has 0 aliphatic carbocycles. The summed E-state index contributed by atoms with van der Waals surface area (Å²) in [4.78, 5) is 24.0. The number of carboxylic acids is 1. The first kappa shape index (κ1) is 12.5. The normalized spacial score (nSPS) is 24.6. The monoisotopic (exact) mass is 227 g/mol. The maximum Gasteiger partial charge on any atom is 0.415 e. The predicted octanol–water partition coefficient (Wildman–Crippen LogP) is 1.98. The van der Waals surface area contributed by atoms with Crippen LogP contribution >= 0.6 is 0 Å². The average Bonchev–Trinajstić information content (AvgIpc) is 2.45. The number of aliphatic carboxylic acids is 1. The first-order valence-electron chi connectivity index (χ1n) is 5.09. The molecule has 1 amide bonds. The molecular weight excluding hydrogens is 210 g/mol. The number of amides is 1. The van der Waals surface area contributed by atoms with Crippen LogP contribution in [0, 0.1) is 0 Å². The van der Waals surface area contributed by atoms with Gasteiger partial charge >= 0.3 is 12.1 Å². The van der Waals surface area contributed by atoms with Gasteiger partial charge in [-0.25, -0.2) is 9.59 Å². The Morgan fingerprint density at radius 3 is 2.44 bits per heavy atom. The molecule has 0 saturated heterocycles. The van der Waals surface area contributed by atoms with Crippen molar-refractivity contribution >= 4 is 12.1 Å². The Bertz CT molecular complexity index is 342. The zero-order chi connectivity index (χ0) is 12.6. The maximum absolute atomic E-state index is 11.8. The number of ether oxygens (including phenoxy) is 1. The lowest BCUT2D eigenvalue weighted by Gasteiger charge is -2.32.